The third-order valence-corrected chi connectivity index (χ3v) is 6.47. The van der Waals surface area contributed by atoms with Crippen LogP contribution in [0.25, 0.3) is 0 Å². The molecule has 3 rings (SSSR count). The molecule has 3 aliphatic rings. The van der Waals surface area contributed by atoms with Gasteiger partial charge in [-0.05, 0) is 62.3 Å². The van der Waals surface area contributed by atoms with Crippen molar-refractivity contribution < 1.29 is 4.74 Å². The average Bonchev–Trinajstić information content (AvgIpc) is 3.27. The van der Waals surface area contributed by atoms with Gasteiger partial charge < -0.3 is 15.0 Å². The zero-order valence-corrected chi connectivity index (χ0v) is 14.1. The van der Waals surface area contributed by atoms with Crippen molar-refractivity contribution in [3.05, 3.63) is 0 Å². The third kappa shape index (κ3) is 3.80. The highest BCUT2D eigenvalue weighted by atomic mass is 16.5. The standard InChI is InChI=1S/C18H34N2O/c1-3-17(4-2)7-10-20(14-17)15-18(8-11-21-12-9-18)13-19-16-5-6-16/h16,19H,3-15H2,1-2H3. The summed E-state index contributed by atoms with van der Waals surface area (Å²) in [4.78, 5) is 2.77. The topological polar surface area (TPSA) is 24.5 Å². The predicted octanol–water partition coefficient (Wildman–Crippen LogP) is 3.05. The second kappa shape index (κ2) is 6.55. The van der Waals surface area contributed by atoms with E-state index in [1.54, 1.807) is 0 Å². The molecule has 0 spiro atoms. The minimum Gasteiger partial charge on any atom is -0.381 e. The van der Waals surface area contributed by atoms with Crippen molar-refractivity contribution in [2.24, 2.45) is 10.8 Å². The maximum atomic E-state index is 5.65. The van der Waals surface area contributed by atoms with E-state index in [4.69, 9.17) is 4.74 Å². The van der Waals surface area contributed by atoms with Crippen molar-refractivity contribution in [1.29, 1.82) is 0 Å². The minimum atomic E-state index is 0.471. The second-order valence-electron chi connectivity index (χ2n) is 7.94. The number of nitrogens with zero attached hydrogens (tertiary/aromatic N) is 1. The molecular formula is C18H34N2O. The Balaban J connectivity index is 1.58. The Bertz CT molecular complexity index is 330. The Kier molecular flexibility index (Phi) is 4.92. The molecule has 1 saturated carbocycles. The van der Waals surface area contributed by atoms with Gasteiger partial charge in [-0.15, -0.1) is 0 Å². The van der Waals surface area contributed by atoms with Crippen LogP contribution in [0.1, 0.15) is 58.8 Å². The lowest BCUT2D eigenvalue weighted by Gasteiger charge is -2.41. The van der Waals surface area contributed by atoms with Gasteiger partial charge in [-0.1, -0.05) is 13.8 Å². The number of nitrogens with one attached hydrogen (secondary N) is 1. The normalized spacial score (nSPS) is 28.9. The first-order valence-electron chi connectivity index (χ1n) is 9.23. The molecule has 2 saturated heterocycles. The first kappa shape index (κ1) is 15.8. The van der Waals surface area contributed by atoms with Gasteiger partial charge in [0.05, 0.1) is 0 Å². The lowest BCUT2D eigenvalue weighted by atomic mass is 9.79. The van der Waals surface area contributed by atoms with Gasteiger partial charge in [0.25, 0.3) is 0 Å². The first-order chi connectivity index (χ1) is 10.2. The van der Waals surface area contributed by atoms with Crippen molar-refractivity contribution in [2.75, 3.05) is 39.4 Å². The van der Waals surface area contributed by atoms with Crippen LogP contribution >= 0.6 is 0 Å². The number of hydrogen-bond donors (Lipinski definition) is 1. The zero-order chi connectivity index (χ0) is 14.8. The maximum absolute atomic E-state index is 5.65. The molecule has 2 heterocycles. The highest BCUT2D eigenvalue weighted by Gasteiger charge is 2.41. The Morgan fingerprint density at radius 1 is 1.05 bits per heavy atom. The smallest absolute Gasteiger partial charge is 0.0472 e. The summed E-state index contributed by atoms with van der Waals surface area (Å²) >= 11 is 0. The van der Waals surface area contributed by atoms with E-state index in [0.29, 0.717) is 10.8 Å². The fraction of sp³-hybridized carbons (Fsp3) is 1.00. The van der Waals surface area contributed by atoms with Crippen LogP contribution in [0.5, 0.6) is 0 Å². The molecular weight excluding hydrogens is 260 g/mol. The van der Waals surface area contributed by atoms with Gasteiger partial charge in [0, 0.05) is 38.9 Å². The SMILES string of the molecule is CCC1(CC)CCN(CC2(CNC3CC3)CCOCC2)C1. The van der Waals surface area contributed by atoms with Gasteiger partial charge in [-0.3, -0.25) is 0 Å². The van der Waals surface area contributed by atoms with Crippen LogP contribution in [-0.4, -0.2) is 50.3 Å². The summed E-state index contributed by atoms with van der Waals surface area (Å²) < 4.78 is 5.65. The molecule has 3 nitrogen and oxygen atoms in total. The summed E-state index contributed by atoms with van der Waals surface area (Å²) in [6.45, 7) is 11.8. The molecule has 0 amide bonds. The quantitative estimate of drug-likeness (QED) is 0.781. The van der Waals surface area contributed by atoms with Gasteiger partial charge in [-0.2, -0.15) is 0 Å². The van der Waals surface area contributed by atoms with E-state index in [-0.39, 0.29) is 0 Å². The van der Waals surface area contributed by atoms with Crippen molar-refractivity contribution in [3.8, 4) is 0 Å². The van der Waals surface area contributed by atoms with Gasteiger partial charge >= 0.3 is 0 Å². The molecule has 0 unspecified atom stereocenters. The molecule has 3 heteroatoms. The second-order valence-corrected chi connectivity index (χ2v) is 7.94. The molecule has 2 aliphatic heterocycles. The minimum absolute atomic E-state index is 0.471. The average molecular weight is 294 g/mol. The Morgan fingerprint density at radius 2 is 1.76 bits per heavy atom. The number of rotatable bonds is 7. The van der Waals surface area contributed by atoms with E-state index in [1.165, 1.54) is 71.1 Å². The third-order valence-electron chi connectivity index (χ3n) is 6.47. The van der Waals surface area contributed by atoms with E-state index < -0.39 is 0 Å². The molecule has 1 aliphatic carbocycles. The molecule has 122 valence electrons. The largest absolute Gasteiger partial charge is 0.381 e. The number of likely N-dealkylation sites (tertiary alicyclic amines) is 1. The molecule has 0 radical (unpaired) electrons. The highest BCUT2D eigenvalue weighted by Crippen LogP contribution is 2.40. The Labute approximate surface area is 130 Å². The van der Waals surface area contributed by atoms with Crippen LogP contribution in [0.3, 0.4) is 0 Å². The summed E-state index contributed by atoms with van der Waals surface area (Å²) in [6, 6.07) is 0.827. The number of hydrogen-bond acceptors (Lipinski definition) is 3. The van der Waals surface area contributed by atoms with Crippen LogP contribution < -0.4 is 5.32 Å². The van der Waals surface area contributed by atoms with Crippen molar-refractivity contribution >= 4 is 0 Å². The molecule has 0 aromatic heterocycles. The van der Waals surface area contributed by atoms with Crippen molar-refractivity contribution in [1.82, 2.24) is 10.2 Å². The molecule has 0 aromatic carbocycles. The first-order valence-corrected chi connectivity index (χ1v) is 9.23. The summed E-state index contributed by atoms with van der Waals surface area (Å²) in [5.41, 5.74) is 1.08. The monoisotopic (exact) mass is 294 g/mol. The highest BCUT2D eigenvalue weighted by molar-refractivity contribution is 4.95. The summed E-state index contributed by atoms with van der Waals surface area (Å²) in [5, 5.41) is 3.81. The summed E-state index contributed by atoms with van der Waals surface area (Å²) in [5.74, 6) is 0. The zero-order valence-electron chi connectivity index (χ0n) is 14.1. The van der Waals surface area contributed by atoms with Gasteiger partial charge in [0.1, 0.15) is 0 Å². The van der Waals surface area contributed by atoms with Crippen LogP contribution in [0.2, 0.25) is 0 Å². The van der Waals surface area contributed by atoms with Crippen LogP contribution in [0, 0.1) is 10.8 Å². The number of ether oxygens (including phenoxy) is 1. The molecule has 0 bridgehead atoms. The van der Waals surface area contributed by atoms with Crippen LogP contribution in [-0.2, 0) is 4.74 Å². The van der Waals surface area contributed by atoms with Crippen molar-refractivity contribution in [3.63, 3.8) is 0 Å². The van der Waals surface area contributed by atoms with E-state index in [1.807, 2.05) is 0 Å². The lowest BCUT2D eigenvalue weighted by molar-refractivity contribution is -0.00282. The Morgan fingerprint density at radius 3 is 2.33 bits per heavy atom. The molecule has 0 atom stereocenters. The van der Waals surface area contributed by atoms with E-state index >= 15 is 0 Å². The lowest BCUT2D eigenvalue weighted by Crippen LogP contribution is -2.47. The van der Waals surface area contributed by atoms with Crippen LogP contribution in [0.4, 0.5) is 0 Å². The molecule has 21 heavy (non-hydrogen) atoms. The molecule has 3 fully saturated rings. The fourth-order valence-corrected chi connectivity index (χ4v) is 4.31. The van der Waals surface area contributed by atoms with E-state index in [0.717, 1.165) is 19.3 Å². The van der Waals surface area contributed by atoms with Gasteiger partial charge in [0.15, 0.2) is 0 Å². The van der Waals surface area contributed by atoms with Gasteiger partial charge in [0.2, 0.25) is 0 Å². The van der Waals surface area contributed by atoms with Crippen LogP contribution in [0.15, 0.2) is 0 Å². The summed E-state index contributed by atoms with van der Waals surface area (Å²) in [7, 11) is 0. The summed E-state index contributed by atoms with van der Waals surface area (Å²) in [6.07, 6.45) is 9.37. The maximum Gasteiger partial charge on any atom is 0.0472 e. The molecule has 0 aromatic rings. The van der Waals surface area contributed by atoms with Gasteiger partial charge in [-0.25, -0.2) is 0 Å². The van der Waals surface area contributed by atoms with Crippen molar-refractivity contribution in [2.45, 2.75) is 64.8 Å². The fourth-order valence-electron chi connectivity index (χ4n) is 4.31. The molecule has 1 N–H and O–H groups in total. The van der Waals surface area contributed by atoms with E-state index in [2.05, 4.69) is 24.1 Å². The van der Waals surface area contributed by atoms with E-state index in [9.17, 15) is 0 Å². The predicted molar refractivity (Wildman–Crippen MR) is 87.6 cm³/mol. The Hall–Kier alpha value is -0.120.